The van der Waals surface area contributed by atoms with Crippen molar-refractivity contribution in [3.05, 3.63) is 46.9 Å². The van der Waals surface area contributed by atoms with Crippen LogP contribution in [0, 0.1) is 17.5 Å². The predicted molar refractivity (Wildman–Crippen MR) is 81.1 cm³/mol. The molecule has 2 aromatic rings. The number of rotatable bonds is 2. The summed E-state index contributed by atoms with van der Waals surface area (Å²) >= 11 is 0. The first-order chi connectivity index (χ1) is 11.6. The molecule has 0 bridgehead atoms. The third-order valence-corrected chi connectivity index (χ3v) is 4.96. The van der Waals surface area contributed by atoms with Crippen molar-refractivity contribution < 1.29 is 18.0 Å². The van der Waals surface area contributed by atoms with Crippen LogP contribution >= 0.6 is 0 Å². The van der Waals surface area contributed by atoms with Crippen molar-refractivity contribution in [2.24, 2.45) is 0 Å². The van der Waals surface area contributed by atoms with Gasteiger partial charge in [0.05, 0.1) is 12.2 Å². The van der Waals surface area contributed by atoms with Crippen LogP contribution in [-0.2, 0) is 4.79 Å². The summed E-state index contributed by atoms with van der Waals surface area (Å²) in [4.78, 5) is 12.1. The molecule has 1 aromatic carbocycles. The molecule has 1 atom stereocenters. The highest BCUT2D eigenvalue weighted by Gasteiger charge is 2.34. The van der Waals surface area contributed by atoms with Crippen molar-refractivity contribution >= 4 is 11.7 Å². The lowest BCUT2D eigenvalue weighted by Crippen LogP contribution is -2.26. The SMILES string of the molecule is O=C1C[C@H](c2ccc(F)c(F)c2F)c2cnn(C3CCCC3)c2N1. The number of halogens is 3. The van der Waals surface area contributed by atoms with E-state index >= 15 is 0 Å². The van der Waals surface area contributed by atoms with Crippen LogP contribution < -0.4 is 5.32 Å². The van der Waals surface area contributed by atoms with Crippen molar-refractivity contribution in [3.63, 3.8) is 0 Å². The number of carbonyl (C=O) groups excluding carboxylic acids is 1. The van der Waals surface area contributed by atoms with E-state index in [1.165, 1.54) is 6.07 Å². The van der Waals surface area contributed by atoms with E-state index in [1.54, 1.807) is 10.9 Å². The van der Waals surface area contributed by atoms with Crippen LogP contribution in [0.3, 0.4) is 0 Å². The van der Waals surface area contributed by atoms with Crippen molar-refractivity contribution in [2.45, 2.75) is 44.1 Å². The van der Waals surface area contributed by atoms with Crippen molar-refractivity contribution in [1.82, 2.24) is 9.78 Å². The molecule has 1 N–H and O–H groups in total. The quantitative estimate of drug-likeness (QED) is 0.847. The minimum Gasteiger partial charge on any atom is -0.311 e. The summed E-state index contributed by atoms with van der Waals surface area (Å²) in [5.41, 5.74) is 0.627. The second kappa shape index (κ2) is 5.65. The smallest absolute Gasteiger partial charge is 0.226 e. The normalized spacial score (nSPS) is 21.0. The lowest BCUT2D eigenvalue weighted by atomic mass is 9.87. The molecule has 7 heteroatoms. The molecule has 0 saturated heterocycles. The number of aromatic nitrogens is 2. The van der Waals surface area contributed by atoms with Gasteiger partial charge in [-0.1, -0.05) is 18.9 Å². The van der Waals surface area contributed by atoms with Gasteiger partial charge < -0.3 is 5.32 Å². The molecule has 4 nitrogen and oxygen atoms in total. The fourth-order valence-corrected chi connectivity index (χ4v) is 3.75. The van der Waals surface area contributed by atoms with Crippen molar-refractivity contribution in [3.8, 4) is 0 Å². The van der Waals surface area contributed by atoms with Gasteiger partial charge in [-0.25, -0.2) is 17.9 Å². The summed E-state index contributed by atoms with van der Waals surface area (Å²) in [6.45, 7) is 0. The van der Waals surface area contributed by atoms with Crippen LogP contribution in [0.5, 0.6) is 0 Å². The molecular weight excluding hydrogens is 319 g/mol. The molecule has 1 aliphatic carbocycles. The number of hydrogen-bond donors (Lipinski definition) is 1. The van der Waals surface area contributed by atoms with Crippen LogP contribution in [0.4, 0.5) is 19.0 Å². The zero-order chi connectivity index (χ0) is 16.8. The van der Waals surface area contributed by atoms with Crippen LogP contribution in [0.15, 0.2) is 18.3 Å². The van der Waals surface area contributed by atoms with E-state index in [9.17, 15) is 18.0 Å². The molecule has 2 aliphatic rings. The summed E-state index contributed by atoms with van der Waals surface area (Å²) in [5, 5.41) is 7.17. The number of carbonyl (C=O) groups is 1. The number of nitrogens with one attached hydrogen (secondary N) is 1. The molecule has 0 radical (unpaired) electrons. The van der Waals surface area contributed by atoms with Gasteiger partial charge in [0, 0.05) is 17.9 Å². The average molecular weight is 335 g/mol. The van der Waals surface area contributed by atoms with E-state index < -0.39 is 23.4 Å². The first-order valence-corrected chi connectivity index (χ1v) is 8.07. The molecule has 0 spiro atoms. The van der Waals surface area contributed by atoms with Gasteiger partial charge in [-0.3, -0.25) is 4.79 Å². The highest BCUT2D eigenvalue weighted by molar-refractivity contribution is 5.94. The molecule has 1 fully saturated rings. The van der Waals surface area contributed by atoms with Gasteiger partial charge in [-0.2, -0.15) is 5.10 Å². The fourth-order valence-electron chi connectivity index (χ4n) is 3.75. The zero-order valence-corrected chi connectivity index (χ0v) is 12.9. The molecule has 0 unspecified atom stereocenters. The van der Waals surface area contributed by atoms with E-state index in [-0.39, 0.29) is 23.9 Å². The number of anilines is 1. The molecule has 2 heterocycles. The standard InChI is InChI=1S/C17H16F3N3O/c18-13-6-5-10(15(19)16(13)20)11-7-14(24)22-17-12(11)8-21-23(17)9-3-1-2-4-9/h5-6,8-9,11H,1-4,7H2,(H,22,24)/t11-/m1/s1. The summed E-state index contributed by atoms with van der Waals surface area (Å²) in [6, 6.07) is 2.30. The molecule has 4 rings (SSSR count). The maximum atomic E-state index is 14.2. The highest BCUT2D eigenvalue weighted by Crippen LogP contribution is 2.41. The molecule has 1 saturated carbocycles. The van der Waals surface area contributed by atoms with Gasteiger partial charge in [0.2, 0.25) is 5.91 Å². The zero-order valence-electron chi connectivity index (χ0n) is 12.9. The Hall–Kier alpha value is -2.31. The molecule has 126 valence electrons. The van der Waals surface area contributed by atoms with Gasteiger partial charge in [0.25, 0.3) is 0 Å². The van der Waals surface area contributed by atoms with E-state index in [1.807, 2.05) is 0 Å². The summed E-state index contributed by atoms with van der Waals surface area (Å²) in [5.74, 6) is -4.39. The fraction of sp³-hybridized carbons (Fsp3) is 0.412. The number of hydrogen-bond acceptors (Lipinski definition) is 2. The van der Waals surface area contributed by atoms with E-state index in [0.29, 0.717) is 11.4 Å². The minimum atomic E-state index is -1.51. The average Bonchev–Trinajstić information content (AvgIpc) is 3.21. The third kappa shape index (κ3) is 2.30. The van der Waals surface area contributed by atoms with Crippen molar-refractivity contribution in [1.29, 1.82) is 0 Å². The summed E-state index contributed by atoms with van der Waals surface area (Å²) in [7, 11) is 0. The van der Waals surface area contributed by atoms with Gasteiger partial charge in [0.15, 0.2) is 17.5 Å². The molecule has 1 amide bonds. The van der Waals surface area contributed by atoms with Crippen LogP contribution in [-0.4, -0.2) is 15.7 Å². The third-order valence-electron chi connectivity index (χ3n) is 4.96. The Labute approximate surface area is 136 Å². The Morgan fingerprint density at radius 3 is 2.58 bits per heavy atom. The largest absolute Gasteiger partial charge is 0.311 e. The highest BCUT2D eigenvalue weighted by atomic mass is 19.2. The Kier molecular flexibility index (Phi) is 3.58. The second-order valence-corrected chi connectivity index (χ2v) is 6.40. The Balaban J connectivity index is 1.80. The Morgan fingerprint density at radius 1 is 1.08 bits per heavy atom. The summed E-state index contributed by atoms with van der Waals surface area (Å²) < 4.78 is 42.8. The number of benzene rings is 1. The van der Waals surface area contributed by atoms with E-state index in [2.05, 4.69) is 10.4 Å². The maximum Gasteiger partial charge on any atom is 0.226 e. The molecule has 1 aromatic heterocycles. The monoisotopic (exact) mass is 335 g/mol. The lowest BCUT2D eigenvalue weighted by Gasteiger charge is -2.25. The molecule has 1 aliphatic heterocycles. The van der Waals surface area contributed by atoms with E-state index in [4.69, 9.17) is 0 Å². The number of fused-ring (bicyclic) bond motifs is 1. The Morgan fingerprint density at radius 2 is 1.83 bits per heavy atom. The minimum absolute atomic E-state index is 0.0176. The van der Waals surface area contributed by atoms with Crippen LogP contribution in [0.1, 0.15) is 55.2 Å². The first-order valence-electron chi connectivity index (χ1n) is 8.07. The van der Waals surface area contributed by atoms with Gasteiger partial charge in [-0.15, -0.1) is 0 Å². The van der Waals surface area contributed by atoms with E-state index in [0.717, 1.165) is 31.7 Å². The molecule has 24 heavy (non-hydrogen) atoms. The number of amides is 1. The van der Waals surface area contributed by atoms with Crippen LogP contribution in [0.25, 0.3) is 0 Å². The Bertz CT molecular complexity index is 812. The van der Waals surface area contributed by atoms with Gasteiger partial charge in [-0.05, 0) is 24.5 Å². The van der Waals surface area contributed by atoms with Crippen molar-refractivity contribution in [2.75, 3.05) is 5.32 Å². The topological polar surface area (TPSA) is 46.9 Å². The lowest BCUT2D eigenvalue weighted by molar-refractivity contribution is -0.116. The summed E-state index contributed by atoms with van der Waals surface area (Å²) in [6.07, 6.45) is 5.75. The van der Waals surface area contributed by atoms with Gasteiger partial charge in [0.1, 0.15) is 5.82 Å². The second-order valence-electron chi connectivity index (χ2n) is 6.40. The van der Waals surface area contributed by atoms with Crippen LogP contribution in [0.2, 0.25) is 0 Å². The molecular formula is C17H16F3N3O. The van der Waals surface area contributed by atoms with Gasteiger partial charge >= 0.3 is 0 Å². The predicted octanol–water partition coefficient (Wildman–Crippen LogP) is 3.89. The number of nitrogens with zero attached hydrogens (tertiary/aromatic N) is 2. The first kappa shape index (κ1) is 15.2. The maximum absolute atomic E-state index is 14.2.